The second kappa shape index (κ2) is 20.3. The summed E-state index contributed by atoms with van der Waals surface area (Å²) in [6.45, 7) is -5.72. The van der Waals surface area contributed by atoms with E-state index in [9.17, 15) is 44.9 Å². The third-order valence-corrected chi connectivity index (χ3v) is 7.41. The van der Waals surface area contributed by atoms with Crippen molar-refractivity contribution in [1.29, 1.82) is 0 Å². The summed E-state index contributed by atoms with van der Waals surface area (Å²) < 4.78 is 64.3. The highest BCUT2D eigenvalue weighted by molar-refractivity contribution is 7.47. The normalized spacial score (nSPS) is 31.1. The number of ether oxygens (including phenoxy) is 1. The molecule has 7 N–H and O–H groups in total. The molecule has 8 atom stereocenters. The SMILES string of the molecule is [2H]C([2H])(OC(=O)CCCCCCCCCCCCCCCC)[C@@]([2H])(O)C([2H])([2H])OP(=O)(O)OC1C(O)C(O)C(O)[C@@H](O)C1O. The molecule has 39 heavy (non-hydrogen) atoms. The molecule has 0 amide bonds. The lowest BCUT2D eigenvalue weighted by atomic mass is 9.85. The largest absolute Gasteiger partial charge is 0.472 e. The van der Waals surface area contributed by atoms with E-state index in [-0.39, 0.29) is 6.42 Å². The van der Waals surface area contributed by atoms with Gasteiger partial charge in [0, 0.05) is 6.42 Å². The van der Waals surface area contributed by atoms with Crippen molar-refractivity contribution in [3.63, 3.8) is 0 Å². The third-order valence-electron chi connectivity index (χ3n) is 6.58. The lowest BCUT2D eigenvalue weighted by molar-refractivity contribution is -0.220. The Morgan fingerprint density at radius 1 is 0.769 bits per heavy atom. The molecule has 1 rings (SSSR count). The lowest BCUT2D eigenvalue weighted by Crippen LogP contribution is -2.64. The van der Waals surface area contributed by atoms with Crippen LogP contribution in [-0.2, 0) is 23.1 Å². The van der Waals surface area contributed by atoms with Crippen LogP contribution < -0.4 is 0 Å². The van der Waals surface area contributed by atoms with Crippen molar-refractivity contribution in [2.75, 3.05) is 13.1 Å². The summed E-state index contributed by atoms with van der Waals surface area (Å²) in [5.41, 5.74) is 0. The summed E-state index contributed by atoms with van der Waals surface area (Å²) in [5, 5.41) is 59.3. The number of unbranched alkanes of at least 4 members (excludes halogenated alkanes) is 13. The summed E-state index contributed by atoms with van der Waals surface area (Å²) in [4.78, 5) is 22.2. The second-order valence-corrected chi connectivity index (χ2v) is 11.3. The summed E-state index contributed by atoms with van der Waals surface area (Å²) in [5.74, 6) is -1.20. The molecule has 0 aromatic rings. The summed E-state index contributed by atoms with van der Waals surface area (Å²) in [6, 6.07) is 0. The van der Waals surface area contributed by atoms with Crippen LogP contribution in [0.2, 0.25) is 0 Å². The number of hydrogen-bond donors (Lipinski definition) is 7. The second-order valence-electron chi connectivity index (χ2n) is 9.96. The molecule has 232 valence electrons. The number of hydrogen-bond acceptors (Lipinski definition) is 11. The number of rotatable bonds is 22. The van der Waals surface area contributed by atoms with Crippen LogP contribution >= 0.6 is 7.82 Å². The van der Waals surface area contributed by atoms with Crippen LogP contribution in [0.4, 0.5) is 0 Å². The van der Waals surface area contributed by atoms with Crippen molar-refractivity contribution in [1.82, 2.24) is 0 Å². The Morgan fingerprint density at radius 3 is 1.64 bits per heavy atom. The van der Waals surface area contributed by atoms with Gasteiger partial charge in [0.05, 0.1) is 13.4 Å². The molecule has 0 radical (unpaired) electrons. The van der Waals surface area contributed by atoms with Crippen molar-refractivity contribution < 1.29 is 65.5 Å². The van der Waals surface area contributed by atoms with Crippen molar-refractivity contribution in [2.45, 2.75) is 146 Å². The number of esters is 1. The lowest BCUT2D eigenvalue weighted by Gasteiger charge is -2.41. The molecule has 1 saturated carbocycles. The number of phosphoric acid groups is 1. The topological polar surface area (TPSA) is 203 Å². The monoisotopic (exact) mass is 591 g/mol. The van der Waals surface area contributed by atoms with Gasteiger partial charge in [0.25, 0.3) is 0 Å². The predicted molar refractivity (Wildman–Crippen MR) is 143 cm³/mol. The average molecular weight is 592 g/mol. The molecule has 1 aliphatic rings. The Bertz CT molecular complexity index is 883. The van der Waals surface area contributed by atoms with E-state index in [0.717, 1.165) is 25.7 Å². The van der Waals surface area contributed by atoms with Gasteiger partial charge in [-0.3, -0.25) is 13.8 Å². The molecule has 1 fully saturated rings. The molecule has 12 nitrogen and oxygen atoms in total. The van der Waals surface area contributed by atoms with E-state index in [4.69, 9.17) is 6.85 Å². The molecule has 0 spiro atoms. The standard InChI is InChI=1S/C26H51O12P/c1-2-3-4-5-6-7-8-9-10-11-12-13-14-15-16-20(28)36-17-19(27)18-37-39(34,35)38-26-24(32)22(30)21(29)23(31)25(26)33/h19,21-27,29-33H,2-18H2,1H3,(H,34,35)/t19-,21?,22-,23?,24?,25?,26?/m1/s1/i17D2,18D2,19D. The Balaban J connectivity index is 2.49. The Labute approximate surface area is 238 Å². The fourth-order valence-electron chi connectivity index (χ4n) is 4.24. The first-order chi connectivity index (χ1) is 20.3. The van der Waals surface area contributed by atoms with Crippen LogP contribution in [0.3, 0.4) is 0 Å². The van der Waals surface area contributed by atoms with Crippen LogP contribution in [0.25, 0.3) is 0 Å². The molecule has 6 unspecified atom stereocenters. The number of carbonyl (C=O) groups is 1. The fourth-order valence-corrected chi connectivity index (χ4v) is 5.04. The van der Waals surface area contributed by atoms with E-state index < -0.39 is 69.6 Å². The Hall–Kier alpha value is -0.660. The number of aliphatic hydroxyl groups excluding tert-OH is 5. The van der Waals surface area contributed by atoms with Gasteiger partial charge in [-0.2, -0.15) is 0 Å². The zero-order valence-electron chi connectivity index (χ0n) is 27.7. The third kappa shape index (κ3) is 15.2. The van der Waals surface area contributed by atoms with Crippen LogP contribution in [0.15, 0.2) is 0 Å². The van der Waals surface area contributed by atoms with Gasteiger partial charge in [0.2, 0.25) is 0 Å². The van der Waals surface area contributed by atoms with Crippen molar-refractivity contribution in [3.05, 3.63) is 0 Å². The quantitative estimate of drug-likeness (QED) is 0.0549. The predicted octanol–water partition coefficient (Wildman–Crippen LogP) is 2.08. The zero-order valence-corrected chi connectivity index (χ0v) is 23.6. The minimum atomic E-state index is -5.86. The maximum atomic E-state index is 12.4. The highest BCUT2D eigenvalue weighted by Crippen LogP contribution is 2.47. The highest BCUT2D eigenvalue weighted by atomic mass is 31.2. The molecule has 0 saturated heterocycles. The molecular weight excluding hydrogens is 535 g/mol. The molecule has 1 aliphatic carbocycles. The maximum Gasteiger partial charge on any atom is 0.472 e. The Morgan fingerprint density at radius 2 is 1.18 bits per heavy atom. The van der Waals surface area contributed by atoms with Gasteiger partial charge in [-0.15, -0.1) is 0 Å². The van der Waals surface area contributed by atoms with Crippen LogP contribution in [-0.4, -0.2) is 97.3 Å². The van der Waals surface area contributed by atoms with Gasteiger partial charge >= 0.3 is 13.8 Å². The van der Waals surface area contributed by atoms with E-state index in [1.165, 1.54) is 51.4 Å². The van der Waals surface area contributed by atoms with Crippen LogP contribution in [0.1, 0.15) is 110 Å². The van der Waals surface area contributed by atoms with E-state index in [1.807, 2.05) is 0 Å². The first-order valence-corrected chi connectivity index (χ1v) is 15.4. The van der Waals surface area contributed by atoms with Crippen molar-refractivity contribution in [2.24, 2.45) is 0 Å². The average Bonchev–Trinajstić information content (AvgIpc) is 2.92. The van der Waals surface area contributed by atoms with Crippen molar-refractivity contribution in [3.8, 4) is 0 Å². The van der Waals surface area contributed by atoms with E-state index in [0.29, 0.717) is 12.8 Å². The summed E-state index contributed by atoms with van der Waals surface area (Å²) in [7, 11) is -5.86. The minimum absolute atomic E-state index is 0.299. The number of aliphatic hydroxyl groups is 6. The summed E-state index contributed by atoms with van der Waals surface area (Å²) in [6.07, 6.45) is -2.75. The maximum absolute atomic E-state index is 12.4. The first-order valence-electron chi connectivity index (χ1n) is 16.4. The van der Waals surface area contributed by atoms with Gasteiger partial charge in [0.15, 0.2) is 0 Å². The van der Waals surface area contributed by atoms with Gasteiger partial charge < -0.3 is 40.3 Å². The van der Waals surface area contributed by atoms with Gasteiger partial charge in [-0.05, 0) is 6.42 Å². The van der Waals surface area contributed by atoms with Crippen molar-refractivity contribution >= 4 is 13.8 Å². The smallest absolute Gasteiger partial charge is 0.463 e. The molecule has 0 aliphatic heterocycles. The molecule has 0 heterocycles. The van der Waals surface area contributed by atoms with Crippen LogP contribution in [0.5, 0.6) is 0 Å². The minimum Gasteiger partial charge on any atom is -0.463 e. The zero-order chi connectivity index (χ0) is 33.8. The molecule has 0 aromatic heterocycles. The fraction of sp³-hybridized carbons (Fsp3) is 0.962. The van der Waals surface area contributed by atoms with Crippen LogP contribution in [0, 0.1) is 0 Å². The van der Waals surface area contributed by atoms with Gasteiger partial charge in [-0.1, -0.05) is 90.4 Å². The van der Waals surface area contributed by atoms with E-state index >= 15 is 0 Å². The number of carbonyl (C=O) groups excluding carboxylic acids is 1. The van der Waals surface area contributed by atoms with E-state index in [1.54, 1.807) is 0 Å². The van der Waals surface area contributed by atoms with Gasteiger partial charge in [0.1, 0.15) is 49.3 Å². The number of phosphoric ester groups is 1. The molecule has 0 aromatic carbocycles. The highest BCUT2D eigenvalue weighted by Gasteiger charge is 2.51. The van der Waals surface area contributed by atoms with Gasteiger partial charge in [-0.25, -0.2) is 4.57 Å². The molecule has 13 heteroatoms. The molecule has 0 bridgehead atoms. The Kier molecular flexibility index (Phi) is 14.8. The first kappa shape index (κ1) is 28.5. The summed E-state index contributed by atoms with van der Waals surface area (Å²) >= 11 is 0. The van der Waals surface area contributed by atoms with E-state index in [2.05, 4.69) is 20.7 Å². The molecular formula is C26H51O12P.